The first-order valence-corrected chi connectivity index (χ1v) is 6.66. The Balaban J connectivity index is 2.00. The van der Waals surface area contributed by atoms with Crippen LogP contribution in [0.3, 0.4) is 0 Å². The number of hydrogen-bond donors (Lipinski definition) is 2. The second-order valence-corrected chi connectivity index (χ2v) is 5.09. The van der Waals surface area contributed by atoms with Gasteiger partial charge in [-0.1, -0.05) is 18.2 Å². The van der Waals surface area contributed by atoms with E-state index < -0.39 is 5.97 Å². The van der Waals surface area contributed by atoms with Crippen LogP contribution in [-0.2, 0) is 11.4 Å². The lowest BCUT2D eigenvalue weighted by Gasteiger charge is -2.20. The van der Waals surface area contributed by atoms with Gasteiger partial charge in [0, 0.05) is 24.0 Å². The van der Waals surface area contributed by atoms with Crippen molar-refractivity contribution in [3.63, 3.8) is 0 Å². The minimum Gasteiger partial charge on any atom is -0.481 e. The van der Waals surface area contributed by atoms with Gasteiger partial charge in [-0.25, -0.2) is 4.98 Å². The highest BCUT2D eigenvalue weighted by Gasteiger charge is 2.29. The SMILES string of the molecule is O=C(O)C1CCN(c2nc3ccccc3cc2CO)C1. The molecule has 0 saturated carbocycles. The number of benzene rings is 1. The van der Waals surface area contributed by atoms with E-state index in [0.29, 0.717) is 25.3 Å². The summed E-state index contributed by atoms with van der Waals surface area (Å²) in [5.41, 5.74) is 1.60. The number of anilines is 1. The Morgan fingerprint density at radius 3 is 2.90 bits per heavy atom. The molecule has 1 saturated heterocycles. The molecule has 3 rings (SSSR count). The number of aliphatic hydroxyl groups is 1. The lowest BCUT2D eigenvalue weighted by Crippen LogP contribution is -2.24. The van der Waals surface area contributed by atoms with Gasteiger partial charge in [-0.3, -0.25) is 4.79 Å². The van der Waals surface area contributed by atoms with Gasteiger partial charge < -0.3 is 15.1 Å². The Labute approximate surface area is 116 Å². The standard InChI is InChI=1S/C15H16N2O3/c18-9-12-7-10-3-1-2-4-13(10)16-14(12)17-6-5-11(8-17)15(19)20/h1-4,7,11,18H,5-6,8-9H2,(H,19,20). The highest BCUT2D eigenvalue weighted by Crippen LogP contribution is 2.28. The van der Waals surface area contributed by atoms with Gasteiger partial charge in [-0.2, -0.15) is 0 Å². The van der Waals surface area contributed by atoms with Crippen molar-refractivity contribution in [2.75, 3.05) is 18.0 Å². The normalized spacial score (nSPS) is 18.6. The van der Waals surface area contributed by atoms with Crippen LogP contribution in [0.15, 0.2) is 30.3 Å². The lowest BCUT2D eigenvalue weighted by molar-refractivity contribution is -0.140. The fourth-order valence-corrected chi connectivity index (χ4v) is 2.69. The summed E-state index contributed by atoms with van der Waals surface area (Å²) in [6.45, 7) is 1.02. The quantitative estimate of drug-likeness (QED) is 0.888. The van der Waals surface area contributed by atoms with Gasteiger partial charge >= 0.3 is 5.97 Å². The number of aliphatic carboxylic acids is 1. The first-order chi connectivity index (χ1) is 9.69. The molecule has 0 radical (unpaired) electrons. The zero-order valence-electron chi connectivity index (χ0n) is 11.0. The van der Waals surface area contributed by atoms with Crippen LogP contribution in [0.2, 0.25) is 0 Å². The molecule has 5 heteroatoms. The van der Waals surface area contributed by atoms with E-state index in [1.807, 2.05) is 35.2 Å². The van der Waals surface area contributed by atoms with Crippen molar-refractivity contribution in [2.45, 2.75) is 13.0 Å². The van der Waals surface area contributed by atoms with E-state index in [1.165, 1.54) is 0 Å². The summed E-state index contributed by atoms with van der Waals surface area (Å²) in [6, 6.07) is 9.65. The maximum absolute atomic E-state index is 11.0. The molecule has 2 aromatic rings. The summed E-state index contributed by atoms with van der Waals surface area (Å²) in [5, 5.41) is 19.6. The van der Waals surface area contributed by atoms with Crippen molar-refractivity contribution in [2.24, 2.45) is 5.92 Å². The number of hydrogen-bond acceptors (Lipinski definition) is 4. The molecule has 2 N–H and O–H groups in total. The molecule has 0 bridgehead atoms. The number of pyridine rings is 1. The lowest BCUT2D eigenvalue weighted by atomic mass is 10.1. The zero-order chi connectivity index (χ0) is 14.1. The molecule has 1 unspecified atom stereocenters. The van der Waals surface area contributed by atoms with Crippen LogP contribution in [0, 0.1) is 5.92 Å². The van der Waals surface area contributed by atoms with Crippen molar-refractivity contribution in [1.29, 1.82) is 0 Å². The van der Waals surface area contributed by atoms with E-state index >= 15 is 0 Å². The number of carboxylic acid groups (broad SMARTS) is 1. The highest BCUT2D eigenvalue weighted by atomic mass is 16.4. The van der Waals surface area contributed by atoms with Gasteiger partial charge in [0.05, 0.1) is 18.0 Å². The Bertz CT molecular complexity index is 657. The van der Waals surface area contributed by atoms with E-state index in [4.69, 9.17) is 5.11 Å². The predicted octanol–water partition coefficient (Wildman–Crippen LogP) is 1.64. The van der Waals surface area contributed by atoms with E-state index in [1.54, 1.807) is 0 Å². The first-order valence-electron chi connectivity index (χ1n) is 6.66. The average molecular weight is 272 g/mol. The number of aromatic nitrogens is 1. The molecule has 0 amide bonds. The Morgan fingerprint density at radius 2 is 2.20 bits per heavy atom. The monoisotopic (exact) mass is 272 g/mol. The molecule has 0 spiro atoms. The minimum atomic E-state index is -0.765. The molecule has 0 aliphatic carbocycles. The average Bonchev–Trinajstić information content (AvgIpc) is 2.95. The van der Waals surface area contributed by atoms with Crippen LogP contribution >= 0.6 is 0 Å². The molecule has 1 aliphatic rings. The highest BCUT2D eigenvalue weighted by molar-refractivity contribution is 5.82. The van der Waals surface area contributed by atoms with Crippen molar-refractivity contribution in [3.05, 3.63) is 35.9 Å². The van der Waals surface area contributed by atoms with Crippen molar-refractivity contribution >= 4 is 22.7 Å². The fourth-order valence-electron chi connectivity index (χ4n) is 2.69. The van der Waals surface area contributed by atoms with Gasteiger partial charge in [0.25, 0.3) is 0 Å². The first kappa shape index (κ1) is 12.9. The molecule has 2 heterocycles. The molecule has 1 aromatic heterocycles. The van der Waals surface area contributed by atoms with Crippen LogP contribution in [0.25, 0.3) is 10.9 Å². The summed E-state index contributed by atoms with van der Waals surface area (Å²) in [6.07, 6.45) is 0.620. The largest absolute Gasteiger partial charge is 0.481 e. The minimum absolute atomic E-state index is 0.0958. The van der Waals surface area contributed by atoms with Gasteiger partial charge in [-0.05, 0) is 18.6 Å². The number of carbonyl (C=O) groups is 1. The fraction of sp³-hybridized carbons (Fsp3) is 0.333. The van der Waals surface area contributed by atoms with E-state index in [2.05, 4.69) is 4.98 Å². The van der Waals surface area contributed by atoms with Gasteiger partial charge in [0.1, 0.15) is 5.82 Å². The topological polar surface area (TPSA) is 73.7 Å². The Morgan fingerprint density at radius 1 is 1.40 bits per heavy atom. The van der Waals surface area contributed by atoms with Gasteiger partial charge in [0.15, 0.2) is 0 Å². The maximum atomic E-state index is 11.0. The molecule has 20 heavy (non-hydrogen) atoms. The Kier molecular flexibility index (Phi) is 3.28. The molecular weight excluding hydrogens is 256 g/mol. The molecule has 1 aromatic carbocycles. The molecule has 1 atom stereocenters. The van der Waals surface area contributed by atoms with Crippen molar-refractivity contribution in [3.8, 4) is 0 Å². The molecule has 104 valence electrons. The molecular formula is C15H16N2O3. The van der Waals surface area contributed by atoms with Gasteiger partial charge in [0.2, 0.25) is 0 Å². The number of nitrogens with zero attached hydrogens (tertiary/aromatic N) is 2. The van der Waals surface area contributed by atoms with Crippen LogP contribution in [0.5, 0.6) is 0 Å². The summed E-state index contributed by atoms with van der Waals surface area (Å²) in [4.78, 5) is 17.6. The third kappa shape index (κ3) is 2.20. The number of carboxylic acids is 1. The van der Waals surface area contributed by atoms with Crippen molar-refractivity contribution < 1.29 is 15.0 Å². The van der Waals surface area contributed by atoms with Crippen LogP contribution in [0.1, 0.15) is 12.0 Å². The third-order valence-electron chi connectivity index (χ3n) is 3.79. The number of para-hydroxylation sites is 1. The van der Waals surface area contributed by atoms with E-state index in [-0.39, 0.29) is 12.5 Å². The summed E-state index contributed by atoms with van der Waals surface area (Å²) >= 11 is 0. The zero-order valence-corrected chi connectivity index (χ0v) is 11.0. The third-order valence-corrected chi connectivity index (χ3v) is 3.79. The number of rotatable bonds is 3. The summed E-state index contributed by atoms with van der Waals surface area (Å²) < 4.78 is 0. The second kappa shape index (κ2) is 5.09. The van der Waals surface area contributed by atoms with E-state index in [9.17, 15) is 9.90 Å². The smallest absolute Gasteiger partial charge is 0.308 e. The van der Waals surface area contributed by atoms with Crippen LogP contribution in [0.4, 0.5) is 5.82 Å². The second-order valence-electron chi connectivity index (χ2n) is 5.09. The Hall–Kier alpha value is -2.14. The number of fused-ring (bicyclic) bond motifs is 1. The van der Waals surface area contributed by atoms with Crippen molar-refractivity contribution in [1.82, 2.24) is 4.98 Å². The molecule has 1 fully saturated rings. The van der Waals surface area contributed by atoms with E-state index in [0.717, 1.165) is 16.5 Å². The van der Waals surface area contributed by atoms with Gasteiger partial charge in [-0.15, -0.1) is 0 Å². The molecule has 5 nitrogen and oxygen atoms in total. The van der Waals surface area contributed by atoms with Crippen LogP contribution < -0.4 is 4.90 Å². The molecule has 1 aliphatic heterocycles. The maximum Gasteiger partial charge on any atom is 0.308 e. The van der Waals surface area contributed by atoms with Crippen LogP contribution in [-0.4, -0.2) is 34.3 Å². The number of aliphatic hydroxyl groups excluding tert-OH is 1. The predicted molar refractivity (Wildman–Crippen MR) is 75.6 cm³/mol. The summed E-state index contributed by atoms with van der Waals surface area (Å²) in [7, 11) is 0. The summed E-state index contributed by atoms with van der Waals surface area (Å²) in [5.74, 6) is -0.413.